The average Bonchev–Trinajstić information content (AvgIpc) is 2.62. The van der Waals surface area contributed by atoms with Crippen LogP contribution in [0.25, 0.3) is 0 Å². The number of rotatable bonds is 4. The van der Waals surface area contributed by atoms with Crippen LogP contribution in [0, 0.1) is 5.92 Å². The van der Waals surface area contributed by atoms with Crippen molar-refractivity contribution in [3.05, 3.63) is 11.1 Å². The summed E-state index contributed by atoms with van der Waals surface area (Å²) in [5, 5.41) is 13.1. The molecule has 1 aromatic rings. The molecule has 0 spiro atoms. The van der Waals surface area contributed by atoms with Crippen LogP contribution in [0.1, 0.15) is 38.0 Å². The number of aromatic nitrogens is 1. The third-order valence-electron chi connectivity index (χ3n) is 3.02. The zero-order valence-corrected chi connectivity index (χ0v) is 11.0. The molecule has 5 heteroatoms. The van der Waals surface area contributed by atoms with Gasteiger partial charge >= 0.3 is 0 Å². The van der Waals surface area contributed by atoms with Gasteiger partial charge in [0.2, 0.25) is 5.91 Å². The predicted molar refractivity (Wildman–Crippen MR) is 68.1 cm³/mol. The molecule has 2 rings (SSSR count). The summed E-state index contributed by atoms with van der Waals surface area (Å²) >= 11 is 1.53. The summed E-state index contributed by atoms with van der Waals surface area (Å²) < 4.78 is 0. The predicted octanol–water partition coefficient (Wildman–Crippen LogP) is 2.20. The lowest BCUT2D eigenvalue weighted by Gasteiger charge is -2.39. The van der Waals surface area contributed by atoms with Crippen molar-refractivity contribution in [1.82, 2.24) is 4.98 Å². The number of nitrogens with one attached hydrogen (secondary N) is 1. The van der Waals surface area contributed by atoms with Crippen molar-refractivity contribution in [1.29, 1.82) is 0 Å². The van der Waals surface area contributed by atoms with Gasteiger partial charge in [-0.3, -0.25) is 4.79 Å². The van der Waals surface area contributed by atoms with E-state index in [2.05, 4.69) is 17.2 Å². The zero-order chi connectivity index (χ0) is 12.5. The Balaban J connectivity index is 1.86. The van der Waals surface area contributed by atoms with Crippen LogP contribution >= 0.6 is 11.3 Å². The Morgan fingerprint density at radius 2 is 2.41 bits per heavy atom. The van der Waals surface area contributed by atoms with Gasteiger partial charge in [0.25, 0.3) is 0 Å². The van der Waals surface area contributed by atoms with Crippen molar-refractivity contribution >= 4 is 22.4 Å². The van der Waals surface area contributed by atoms with Gasteiger partial charge in [-0.2, -0.15) is 0 Å². The summed E-state index contributed by atoms with van der Waals surface area (Å²) in [4.78, 5) is 17.2. The Labute approximate surface area is 105 Å². The molecule has 0 unspecified atom stereocenters. The van der Waals surface area contributed by atoms with Crippen molar-refractivity contribution in [2.24, 2.45) is 5.92 Å². The maximum absolute atomic E-state index is 11.8. The number of carbonyl (C=O) groups is 1. The molecule has 0 aromatic carbocycles. The van der Waals surface area contributed by atoms with Crippen molar-refractivity contribution in [2.75, 3.05) is 5.32 Å². The molecule has 1 heterocycles. The number of aryl methyl sites for hydroxylation is 1. The first-order chi connectivity index (χ1) is 8.00. The lowest BCUT2D eigenvalue weighted by molar-refractivity contribution is -0.133. The molecule has 2 N–H and O–H groups in total. The second-order valence-electron chi connectivity index (χ2n) is 4.97. The van der Waals surface area contributed by atoms with E-state index >= 15 is 0 Å². The van der Waals surface area contributed by atoms with Crippen molar-refractivity contribution in [2.45, 2.75) is 45.1 Å². The molecule has 0 aliphatic heterocycles. The standard InChI is InChI=1S/C12H18N2O2S/c1-3-4-9-7-13-11(17-9)14-10(15)8-5-12(2,16)6-8/h7-8,16H,3-6H2,1-2H3,(H,13,14,15). The number of aliphatic hydroxyl groups is 1. The van der Waals surface area contributed by atoms with E-state index in [4.69, 9.17) is 0 Å². The van der Waals surface area contributed by atoms with Gasteiger partial charge in [0, 0.05) is 17.0 Å². The Bertz CT molecular complexity index is 406. The van der Waals surface area contributed by atoms with Crippen LogP contribution in [0.5, 0.6) is 0 Å². The fourth-order valence-electron chi connectivity index (χ4n) is 2.12. The van der Waals surface area contributed by atoms with Gasteiger partial charge in [-0.15, -0.1) is 11.3 Å². The number of hydrogen-bond acceptors (Lipinski definition) is 4. The van der Waals surface area contributed by atoms with E-state index in [1.165, 1.54) is 16.2 Å². The molecule has 1 aliphatic rings. The Morgan fingerprint density at radius 1 is 1.71 bits per heavy atom. The van der Waals surface area contributed by atoms with E-state index in [1.54, 1.807) is 6.92 Å². The highest BCUT2D eigenvalue weighted by Gasteiger charge is 2.42. The summed E-state index contributed by atoms with van der Waals surface area (Å²) in [6.45, 7) is 3.88. The highest BCUT2D eigenvalue weighted by atomic mass is 32.1. The fraction of sp³-hybridized carbons (Fsp3) is 0.667. The molecule has 0 bridgehead atoms. The third kappa shape index (κ3) is 3.04. The van der Waals surface area contributed by atoms with Crippen LogP contribution in [0.2, 0.25) is 0 Å². The monoisotopic (exact) mass is 254 g/mol. The van der Waals surface area contributed by atoms with Gasteiger partial charge < -0.3 is 10.4 Å². The third-order valence-corrected chi connectivity index (χ3v) is 4.00. The van der Waals surface area contributed by atoms with E-state index in [1.807, 2.05) is 6.20 Å². The summed E-state index contributed by atoms with van der Waals surface area (Å²) in [6.07, 6.45) is 5.01. The summed E-state index contributed by atoms with van der Waals surface area (Å²) in [5.74, 6) is -0.0857. The molecule has 1 amide bonds. The minimum absolute atomic E-state index is 0.0195. The van der Waals surface area contributed by atoms with Crippen LogP contribution in [0.3, 0.4) is 0 Å². The average molecular weight is 254 g/mol. The lowest BCUT2D eigenvalue weighted by atomic mass is 9.72. The minimum Gasteiger partial charge on any atom is -0.390 e. The number of carbonyl (C=O) groups excluding carboxylic acids is 1. The maximum atomic E-state index is 11.8. The molecular formula is C12H18N2O2S. The van der Waals surface area contributed by atoms with Crippen LogP contribution in [-0.4, -0.2) is 21.6 Å². The van der Waals surface area contributed by atoms with E-state index < -0.39 is 5.60 Å². The molecule has 1 saturated carbocycles. The Hall–Kier alpha value is -0.940. The first kappa shape index (κ1) is 12.5. The second kappa shape index (κ2) is 4.74. The van der Waals surface area contributed by atoms with Gasteiger partial charge in [-0.05, 0) is 26.2 Å². The van der Waals surface area contributed by atoms with Crippen LogP contribution in [-0.2, 0) is 11.2 Å². The van der Waals surface area contributed by atoms with Crippen molar-refractivity contribution in [3.8, 4) is 0 Å². The number of amides is 1. The van der Waals surface area contributed by atoms with Crippen molar-refractivity contribution in [3.63, 3.8) is 0 Å². The molecule has 0 atom stereocenters. The van der Waals surface area contributed by atoms with Gasteiger partial charge in [0.15, 0.2) is 5.13 Å². The van der Waals surface area contributed by atoms with Gasteiger partial charge in [-0.25, -0.2) is 4.98 Å². The van der Waals surface area contributed by atoms with Gasteiger partial charge in [0.05, 0.1) is 5.60 Å². The van der Waals surface area contributed by atoms with Gasteiger partial charge in [-0.1, -0.05) is 13.3 Å². The van der Waals surface area contributed by atoms with E-state index in [0.29, 0.717) is 18.0 Å². The van der Waals surface area contributed by atoms with Gasteiger partial charge in [0.1, 0.15) is 0 Å². The highest BCUT2D eigenvalue weighted by molar-refractivity contribution is 7.15. The number of nitrogens with zero attached hydrogens (tertiary/aromatic N) is 1. The summed E-state index contributed by atoms with van der Waals surface area (Å²) in [5.41, 5.74) is -0.655. The molecular weight excluding hydrogens is 236 g/mol. The normalized spacial score (nSPS) is 27.6. The maximum Gasteiger partial charge on any atom is 0.229 e. The second-order valence-corrected chi connectivity index (χ2v) is 6.09. The highest BCUT2D eigenvalue weighted by Crippen LogP contribution is 2.38. The molecule has 17 heavy (non-hydrogen) atoms. The Morgan fingerprint density at radius 3 is 3.00 bits per heavy atom. The topological polar surface area (TPSA) is 62.2 Å². The first-order valence-electron chi connectivity index (χ1n) is 5.98. The van der Waals surface area contributed by atoms with Crippen molar-refractivity contribution < 1.29 is 9.90 Å². The molecule has 94 valence electrons. The first-order valence-corrected chi connectivity index (χ1v) is 6.80. The molecule has 1 fully saturated rings. The Kier molecular flexibility index (Phi) is 3.49. The minimum atomic E-state index is -0.655. The number of hydrogen-bond donors (Lipinski definition) is 2. The lowest BCUT2D eigenvalue weighted by Crippen LogP contribution is -2.46. The SMILES string of the molecule is CCCc1cnc(NC(=O)C2CC(C)(O)C2)s1. The smallest absolute Gasteiger partial charge is 0.229 e. The molecule has 1 aliphatic carbocycles. The van der Waals surface area contributed by atoms with Crippen LogP contribution < -0.4 is 5.32 Å². The quantitative estimate of drug-likeness (QED) is 0.865. The number of thiazole rings is 1. The fourth-order valence-corrected chi connectivity index (χ4v) is 3.04. The zero-order valence-electron chi connectivity index (χ0n) is 10.2. The summed E-state index contributed by atoms with van der Waals surface area (Å²) in [6, 6.07) is 0. The van der Waals surface area contributed by atoms with Crippen LogP contribution in [0.15, 0.2) is 6.20 Å². The molecule has 0 radical (unpaired) electrons. The van der Waals surface area contributed by atoms with E-state index in [-0.39, 0.29) is 11.8 Å². The largest absolute Gasteiger partial charge is 0.390 e. The molecule has 1 aromatic heterocycles. The van der Waals surface area contributed by atoms with E-state index in [0.717, 1.165) is 12.8 Å². The van der Waals surface area contributed by atoms with Crippen LogP contribution in [0.4, 0.5) is 5.13 Å². The number of anilines is 1. The summed E-state index contributed by atoms with van der Waals surface area (Å²) in [7, 11) is 0. The molecule has 4 nitrogen and oxygen atoms in total. The van der Waals surface area contributed by atoms with E-state index in [9.17, 15) is 9.90 Å². The molecule has 0 saturated heterocycles.